The molecule has 2 N–H and O–H groups in total. The summed E-state index contributed by atoms with van der Waals surface area (Å²) in [5, 5.41) is 94.9. The van der Waals surface area contributed by atoms with E-state index < -0.39 is 125 Å². The van der Waals surface area contributed by atoms with E-state index in [2.05, 4.69) is 106 Å². The smallest absolute Gasteiger partial charge is 0.355 e. The number of carbonyl (C=O) groups is 8. The highest BCUT2D eigenvalue weighted by Gasteiger charge is 2.58. The summed E-state index contributed by atoms with van der Waals surface area (Å²) in [6, 6.07) is 0. The van der Waals surface area contributed by atoms with Gasteiger partial charge >= 0.3 is 22.7 Å². The maximum Gasteiger partial charge on any atom is 0.461 e. The average Bonchev–Trinajstić information content (AvgIpc) is 0.918. The fourth-order valence-electron chi connectivity index (χ4n) is 6.99. The van der Waals surface area contributed by atoms with Crippen molar-refractivity contribution in [3.8, 4) is 0 Å². The predicted octanol–water partition coefficient (Wildman–Crippen LogP) is 2.46. The van der Waals surface area contributed by atoms with Crippen molar-refractivity contribution in [3.05, 3.63) is 80.9 Å². The van der Waals surface area contributed by atoms with Crippen molar-refractivity contribution in [2.24, 2.45) is 0 Å². The second-order valence-corrected chi connectivity index (χ2v) is 22.9. The number of carbonyl (C=O) groups excluding carboxylic acids is 8. The van der Waals surface area contributed by atoms with Crippen LogP contribution in [0.25, 0.3) is 0 Å². The maximum atomic E-state index is 11.5. The normalized spacial score (nSPS) is 10.9. The van der Waals surface area contributed by atoms with Gasteiger partial charge in [-0.25, -0.2) is 0 Å². The van der Waals surface area contributed by atoms with Crippen molar-refractivity contribution >= 4 is 154 Å². The summed E-state index contributed by atoms with van der Waals surface area (Å²) < 4.78 is 0. The fourth-order valence-corrected chi connectivity index (χ4v) is 9.30. The van der Waals surface area contributed by atoms with Crippen LogP contribution in [0, 0.1) is 80.9 Å². The Morgan fingerprint density at radius 1 is 0.341 bits per heavy atom. The van der Waals surface area contributed by atoms with Crippen LogP contribution in [0.2, 0.25) is 0 Å². The molecule has 0 aliphatic rings. The number of amides is 8. The summed E-state index contributed by atoms with van der Waals surface area (Å²) in [4.78, 5) is 180. The second-order valence-electron chi connectivity index (χ2n) is 19.2. The molecule has 0 aromatic heterocycles. The Kier molecular flexibility index (Phi) is 47.4. The van der Waals surface area contributed by atoms with Crippen LogP contribution in [-0.4, -0.2) is 271 Å². The zero-order valence-electron chi connectivity index (χ0n) is 50.4. The number of hydrogen-bond donors (Lipinski definition) is 2. The standard InChI is InChI=1S/C12H20Br2N4O6.C12H21ClN4O6.C11H18Br2N4O6.C9H14Br2N4O6/c1-15(10(19)8-13)6-3-4-12(17(21)22,18(23)24)5-7-16(2)11(20)9-14;1-4-10(18)14(2)7-5-12(16(20)21,17(22)23)6-8-15(3)11(19)9-13;1-14(9(18)7-12)5-3-11(16(20)21,17(22)23)4-6-15(2)10(19)8-13;10-5-7(16)12-3-1-9(14(18)19,15(20)21)2-4-13-8(17)6-11/h3-9H2,1-2H3;4-9H2,1-3H3;3-8H2,1-2H3;1-6H2,(H,12,16)(H,13,17). The Bertz CT molecular complexity index is 2300. The van der Waals surface area contributed by atoms with E-state index in [9.17, 15) is 119 Å². The third-order valence-corrected chi connectivity index (χ3v) is 16.6. The molecule has 0 aromatic rings. The van der Waals surface area contributed by atoms with Gasteiger partial charge in [-0.2, -0.15) is 0 Å². The summed E-state index contributed by atoms with van der Waals surface area (Å²) in [5.74, 6) is -3.12. The Morgan fingerprint density at radius 3 is 0.758 bits per heavy atom. The van der Waals surface area contributed by atoms with E-state index in [4.69, 9.17) is 11.6 Å². The number of nitrogens with one attached hydrogen (secondary N) is 2. The molecule has 0 aromatic carbocycles. The monoisotopic (exact) mass is 1720 g/mol. The van der Waals surface area contributed by atoms with Gasteiger partial charge in [-0.1, -0.05) is 103 Å². The summed E-state index contributed by atoms with van der Waals surface area (Å²) in [5.41, 5.74) is -9.72. The molecule has 91 heavy (non-hydrogen) atoms. The van der Waals surface area contributed by atoms with E-state index in [0.717, 1.165) is 4.90 Å². The van der Waals surface area contributed by atoms with Crippen molar-refractivity contribution in [2.45, 2.75) is 93.8 Å². The highest BCUT2D eigenvalue weighted by molar-refractivity contribution is 9.10. The quantitative estimate of drug-likeness (QED) is 0.0384. The van der Waals surface area contributed by atoms with Gasteiger partial charge in [-0.3, -0.25) is 119 Å². The topological polar surface area (TPSA) is 525 Å². The number of alkyl halides is 7. The van der Waals surface area contributed by atoms with Gasteiger partial charge in [0.15, 0.2) is 0 Å². The maximum absolute atomic E-state index is 11.5. The highest BCUT2D eigenvalue weighted by Crippen LogP contribution is 2.26. The molecule has 522 valence electrons. The molecular formula is C44H73Br6ClN16O24. The van der Waals surface area contributed by atoms with E-state index in [-0.39, 0.29) is 139 Å². The van der Waals surface area contributed by atoms with E-state index in [1.807, 2.05) is 0 Å². The van der Waals surface area contributed by atoms with Crippen LogP contribution in [-0.2, 0) is 38.4 Å². The molecule has 47 heteroatoms. The van der Waals surface area contributed by atoms with Crippen molar-refractivity contribution in [3.63, 3.8) is 0 Å². The van der Waals surface area contributed by atoms with Gasteiger partial charge in [-0.15, -0.1) is 11.6 Å². The number of nitro groups is 8. The third kappa shape index (κ3) is 32.0. The molecule has 0 spiro atoms. The number of hydrogen-bond acceptors (Lipinski definition) is 24. The predicted molar refractivity (Wildman–Crippen MR) is 344 cm³/mol. The first kappa shape index (κ1) is 91.5. The molecule has 0 saturated heterocycles. The lowest BCUT2D eigenvalue weighted by atomic mass is 10.0. The molecule has 8 amide bonds. The largest absolute Gasteiger partial charge is 0.461 e. The minimum atomic E-state index is -2.46. The second kappa shape index (κ2) is 47.1. The summed E-state index contributed by atoms with van der Waals surface area (Å²) in [6.45, 7) is 0.690. The number of halogens is 7. The highest BCUT2D eigenvalue weighted by atomic mass is 79.9. The molecule has 0 heterocycles. The Hall–Kier alpha value is -5.87. The molecule has 0 saturated carbocycles. The van der Waals surface area contributed by atoms with Gasteiger partial charge in [0.2, 0.25) is 47.3 Å². The van der Waals surface area contributed by atoms with E-state index in [1.165, 1.54) is 66.8 Å². The molecule has 0 fully saturated rings. The van der Waals surface area contributed by atoms with Crippen LogP contribution in [0.3, 0.4) is 0 Å². The lowest BCUT2D eigenvalue weighted by molar-refractivity contribution is -0.799. The Morgan fingerprint density at radius 2 is 0.549 bits per heavy atom. The van der Waals surface area contributed by atoms with Crippen LogP contribution >= 0.6 is 107 Å². The number of nitrogens with zero attached hydrogens (tertiary/aromatic N) is 14. The average molecular weight is 1730 g/mol. The van der Waals surface area contributed by atoms with E-state index >= 15 is 0 Å². The first-order valence-corrected chi connectivity index (χ1v) is 33.5. The molecule has 0 unspecified atom stereocenters. The zero-order chi connectivity index (χ0) is 71.8. The van der Waals surface area contributed by atoms with Crippen LogP contribution < -0.4 is 10.6 Å². The van der Waals surface area contributed by atoms with Crippen LogP contribution in [0.4, 0.5) is 0 Å². The first-order chi connectivity index (χ1) is 42.1. The molecule has 0 radical (unpaired) electrons. The van der Waals surface area contributed by atoms with Crippen LogP contribution in [0.1, 0.15) is 71.1 Å². The van der Waals surface area contributed by atoms with Gasteiger partial charge in [0.1, 0.15) is 50.8 Å². The SMILES string of the molecule is CCC(=O)N(C)CCC(CCN(C)C(=O)CCl)([N+](=O)[O-])[N+](=O)[O-].CN(CCC(CCN(C)C(=O)CBr)([N+](=O)[O-])[N+](=O)[O-])C(=O)CBr.CN(CCCC(CCN(C)C(=O)CBr)([N+](=O)[O-])[N+](=O)[O-])C(=O)CBr.O=C(CBr)NCCC(CCNC(=O)CBr)([N+](=O)[O-])[N+](=O)[O-]. The first-order valence-electron chi connectivity index (χ1n) is 26.2. The molecule has 0 aliphatic heterocycles. The molecule has 40 nitrogen and oxygen atoms in total. The minimum absolute atomic E-state index is 0.00175. The van der Waals surface area contributed by atoms with E-state index in [0.29, 0.717) is 0 Å². The molecule has 0 rings (SSSR count). The van der Waals surface area contributed by atoms with Gasteiger partial charge in [0.05, 0.1) is 77.8 Å². The number of rotatable bonds is 41. The molecule has 0 bridgehead atoms. The zero-order valence-corrected chi connectivity index (χ0v) is 60.7. The molecular weight excluding hydrogens is 1650 g/mol. The van der Waals surface area contributed by atoms with Gasteiger partial charge in [0.25, 0.3) is 0 Å². The van der Waals surface area contributed by atoms with Gasteiger partial charge in [-0.05, 0) is 6.42 Å². The summed E-state index contributed by atoms with van der Waals surface area (Å²) >= 11 is 23.0. The van der Waals surface area contributed by atoms with Gasteiger partial charge < -0.3 is 40.0 Å². The Balaban J connectivity index is -0.000000555. The van der Waals surface area contributed by atoms with Crippen molar-refractivity contribution in [1.29, 1.82) is 0 Å². The summed E-state index contributed by atoms with van der Waals surface area (Å²) in [6.07, 6.45) is -3.19. The minimum Gasteiger partial charge on any atom is -0.355 e. The van der Waals surface area contributed by atoms with Crippen molar-refractivity contribution in [2.75, 3.05) is 133 Å². The van der Waals surface area contributed by atoms with Crippen LogP contribution in [0.15, 0.2) is 0 Å². The van der Waals surface area contributed by atoms with Crippen molar-refractivity contribution < 1.29 is 77.7 Å². The van der Waals surface area contributed by atoms with Gasteiger partial charge in [0, 0.05) is 101 Å². The fraction of sp³-hybridized carbons (Fsp3) is 0.818. The summed E-state index contributed by atoms with van der Waals surface area (Å²) in [7, 11) is 8.56. The molecule has 0 aliphatic carbocycles. The van der Waals surface area contributed by atoms with E-state index in [1.54, 1.807) is 6.92 Å². The molecule has 0 atom stereocenters. The lowest BCUT2D eigenvalue weighted by Gasteiger charge is -2.23. The van der Waals surface area contributed by atoms with Crippen molar-refractivity contribution in [1.82, 2.24) is 40.0 Å². The lowest BCUT2D eigenvalue weighted by Crippen LogP contribution is -2.51. The third-order valence-electron chi connectivity index (χ3n) is 13.4. The Labute approximate surface area is 575 Å². The van der Waals surface area contributed by atoms with Crippen LogP contribution in [0.5, 0.6) is 0 Å².